The van der Waals surface area contributed by atoms with Gasteiger partial charge in [-0.25, -0.2) is 8.42 Å². The molecule has 2 N–H and O–H groups in total. The van der Waals surface area contributed by atoms with Gasteiger partial charge in [-0.15, -0.1) is 0 Å². The van der Waals surface area contributed by atoms with Gasteiger partial charge in [0.25, 0.3) is 5.78 Å². The quantitative estimate of drug-likeness (QED) is 0.230. The van der Waals surface area contributed by atoms with E-state index in [1.165, 1.54) is 18.2 Å². The van der Waals surface area contributed by atoms with Crippen molar-refractivity contribution in [2.75, 3.05) is 0 Å². The van der Waals surface area contributed by atoms with Crippen LogP contribution in [0, 0.1) is 0 Å². The average Bonchev–Trinajstić information content (AvgIpc) is 2.28. The monoisotopic (exact) mass is 290 g/mol. The number of Topliss-reactive ketones (excluding diaryl/α,β-unsaturated/α-hetero) is 1. The van der Waals surface area contributed by atoms with Gasteiger partial charge in [0, 0.05) is 17.2 Å². The molecule has 0 aliphatic heterocycles. The van der Waals surface area contributed by atoms with Crippen LogP contribution in [0.4, 0.5) is 0 Å². The molecule has 0 saturated carbocycles. The van der Waals surface area contributed by atoms with Gasteiger partial charge in [0.05, 0.1) is 4.90 Å². The molecule has 0 aromatic heterocycles. The first-order valence-electron chi connectivity index (χ1n) is 4.49. The third-order valence-corrected chi connectivity index (χ3v) is 3.22. The summed E-state index contributed by atoms with van der Waals surface area (Å²) in [5, 5.41) is 0. The fourth-order valence-electron chi connectivity index (χ4n) is 1.59. The van der Waals surface area contributed by atoms with Crippen molar-refractivity contribution in [1.29, 1.82) is 0 Å². The molecule has 1 aliphatic rings. The predicted octanol–water partition coefficient (Wildman–Crippen LogP) is -3.35. The molecular formula is C10H7N2NaO5S. The van der Waals surface area contributed by atoms with E-state index >= 15 is 0 Å². The molecule has 2 rings (SSSR count). The van der Waals surface area contributed by atoms with Crippen molar-refractivity contribution >= 4 is 27.7 Å². The van der Waals surface area contributed by atoms with Gasteiger partial charge in [-0.1, -0.05) is 12.1 Å². The second-order valence-corrected chi connectivity index (χ2v) is 4.67. The van der Waals surface area contributed by atoms with E-state index in [1.807, 2.05) is 0 Å². The largest absolute Gasteiger partial charge is 1.00 e. The number of fused-ring (bicyclic) bond motifs is 1. The SMILES string of the molecule is O.[N-]=[N+]=C1C=Cc2c(cccc2S(=O)(=O)[O-])C1=O.[Na+]. The van der Waals surface area contributed by atoms with Crippen molar-refractivity contribution in [3.63, 3.8) is 0 Å². The molecule has 0 heterocycles. The molecule has 0 radical (unpaired) electrons. The fraction of sp³-hybridized carbons (Fsp3) is 0. The van der Waals surface area contributed by atoms with Gasteiger partial charge in [0.2, 0.25) is 0 Å². The normalized spacial score (nSPS) is 12.9. The van der Waals surface area contributed by atoms with E-state index in [9.17, 15) is 17.8 Å². The number of rotatable bonds is 1. The van der Waals surface area contributed by atoms with Crippen LogP contribution in [0.1, 0.15) is 15.9 Å². The molecule has 0 saturated heterocycles. The summed E-state index contributed by atoms with van der Waals surface area (Å²) in [5.41, 5.74) is 8.39. The van der Waals surface area contributed by atoms with E-state index < -0.39 is 20.8 Å². The third kappa shape index (κ3) is 3.26. The second-order valence-electron chi connectivity index (χ2n) is 3.32. The van der Waals surface area contributed by atoms with E-state index in [4.69, 9.17) is 5.53 Å². The summed E-state index contributed by atoms with van der Waals surface area (Å²) < 4.78 is 32.9. The maximum atomic E-state index is 11.7. The molecule has 9 heteroatoms. The summed E-state index contributed by atoms with van der Waals surface area (Å²) in [6.45, 7) is 0. The summed E-state index contributed by atoms with van der Waals surface area (Å²) in [7, 11) is -4.65. The van der Waals surface area contributed by atoms with Crippen molar-refractivity contribution in [2.24, 2.45) is 0 Å². The zero-order valence-electron chi connectivity index (χ0n) is 9.82. The van der Waals surface area contributed by atoms with Gasteiger partial charge in [0.1, 0.15) is 10.1 Å². The van der Waals surface area contributed by atoms with Gasteiger partial charge >= 0.3 is 35.3 Å². The van der Waals surface area contributed by atoms with Crippen LogP contribution in [0.2, 0.25) is 0 Å². The van der Waals surface area contributed by atoms with Crippen LogP contribution >= 0.6 is 0 Å². The summed E-state index contributed by atoms with van der Waals surface area (Å²) in [5.74, 6) is -0.629. The van der Waals surface area contributed by atoms with Crippen LogP contribution in [0.5, 0.6) is 0 Å². The zero-order chi connectivity index (χ0) is 12.6. The van der Waals surface area contributed by atoms with Crippen LogP contribution in [0.3, 0.4) is 0 Å². The molecule has 0 amide bonds. The van der Waals surface area contributed by atoms with Gasteiger partial charge in [-0.2, -0.15) is 4.79 Å². The number of allylic oxidation sites excluding steroid dienone is 1. The van der Waals surface area contributed by atoms with E-state index in [0.717, 1.165) is 12.1 Å². The Labute approximate surface area is 130 Å². The number of hydrogen-bond donors (Lipinski definition) is 0. The molecule has 0 unspecified atom stereocenters. The maximum absolute atomic E-state index is 11.7. The van der Waals surface area contributed by atoms with Crippen LogP contribution in [-0.2, 0) is 10.1 Å². The molecule has 1 aliphatic carbocycles. The summed E-state index contributed by atoms with van der Waals surface area (Å²) >= 11 is 0. The van der Waals surface area contributed by atoms with Gasteiger partial charge < -0.3 is 15.6 Å². The van der Waals surface area contributed by atoms with E-state index in [0.29, 0.717) is 0 Å². The molecule has 0 fully saturated rings. The molecule has 1 aromatic carbocycles. The van der Waals surface area contributed by atoms with E-state index in [2.05, 4.69) is 4.79 Å². The number of ketones is 1. The first-order chi connectivity index (χ1) is 7.95. The second kappa shape index (κ2) is 6.36. The van der Waals surface area contributed by atoms with Crippen molar-refractivity contribution in [2.45, 2.75) is 4.90 Å². The molecule has 0 bridgehead atoms. The minimum atomic E-state index is -4.65. The molecule has 94 valence electrons. The fourth-order valence-corrected chi connectivity index (χ4v) is 2.28. The van der Waals surface area contributed by atoms with Gasteiger partial charge in [0.15, 0.2) is 0 Å². The van der Waals surface area contributed by atoms with E-state index in [-0.39, 0.29) is 51.9 Å². The number of carbonyl (C=O) groups excluding carboxylic acids is 1. The Morgan fingerprint density at radius 3 is 2.37 bits per heavy atom. The number of carbonyl (C=O) groups is 1. The maximum Gasteiger partial charge on any atom is 1.00 e. The Morgan fingerprint density at radius 2 is 1.84 bits per heavy atom. The topological polar surface area (TPSA) is 142 Å². The summed E-state index contributed by atoms with van der Waals surface area (Å²) in [6.07, 6.45) is 2.41. The van der Waals surface area contributed by atoms with Gasteiger partial charge in [-0.05, 0) is 12.1 Å². The summed E-state index contributed by atoms with van der Waals surface area (Å²) in [6, 6.07) is 3.77. The van der Waals surface area contributed by atoms with E-state index in [1.54, 1.807) is 0 Å². The first-order valence-corrected chi connectivity index (χ1v) is 5.89. The Bertz CT molecular complexity index is 705. The molecule has 19 heavy (non-hydrogen) atoms. The Balaban J connectivity index is 0.00000162. The molecular weight excluding hydrogens is 283 g/mol. The smallest absolute Gasteiger partial charge is 0.744 e. The Kier molecular flexibility index (Phi) is 5.98. The minimum Gasteiger partial charge on any atom is -0.744 e. The summed E-state index contributed by atoms with van der Waals surface area (Å²) in [4.78, 5) is 14.0. The van der Waals surface area contributed by atoms with Crippen molar-refractivity contribution in [3.8, 4) is 0 Å². The number of benzene rings is 1. The zero-order valence-corrected chi connectivity index (χ0v) is 12.6. The minimum absolute atomic E-state index is 0. The first kappa shape index (κ1) is 17.9. The van der Waals surface area contributed by atoms with Crippen molar-refractivity contribution < 1.29 is 57.6 Å². The van der Waals surface area contributed by atoms with Crippen LogP contribution in [0.25, 0.3) is 11.6 Å². The molecule has 0 spiro atoms. The Hall–Kier alpha value is -1.12. The molecule has 7 nitrogen and oxygen atoms in total. The molecule has 0 atom stereocenters. The molecule has 1 aromatic rings. The van der Waals surface area contributed by atoms with Crippen LogP contribution in [-0.4, -0.2) is 34.7 Å². The van der Waals surface area contributed by atoms with Gasteiger partial charge in [-0.3, -0.25) is 4.79 Å². The standard InChI is InChI=1S/C10H6N2O4S.Na.H2O/c11-12-8-5-4-6-7(10(8)13)2-1-3-9(6)17(14,15)16;;/h1-5H,(H,14,15,16);;1H2/q;+1;/p-1. The van der Waals surface area contributed by atoms with Crippen molar-refractivity contribution in [1.82, 2.24) is 0 Å². The number of hydrogen-bond acceptors (Lipinski definition) is 4. The van der Waals surface area contributed by atoms with Crippen LogP contribution in [0.15, 0.2) is 29.2 Å². The van der Waals surface area contributed by atoms with Crippen LogP contribution < -0.4 is 29.6 Å². The Morgan fingerprint density at radius 1 is 1.21 bits per heavy atom. The average molecular weight is 290 g/mol. The van der Waals surface area contributed by atoms with Crippen molar-refractivity contribution in [3.05, 3.63) is 40.9 Å². The third-order valence-electron chi connectivity index (χ3n) is 2.33. The number of nitrogens with zero attached hydrogens (tertiary/aromatic N) is 2. The predicted molar refractivity (Wildman–Crippen MR) is 60.0 cm³/mol.